The van der Waals surface area contributed by atoms with Crippen molar-refractivity contribution in [1.82, 2.24) is 0 Å². The van der Waals surface area contributed by atoms with Crippen LogP contribution >= 0.6 is 0 Å². The number of halogens is 2. The number of benzene rings is 1. The van der Waals surface area contributed by atoms with Crippen LogP contribution in [0.25, 0.3) is 0 Å². The molecule has 152 valence electrons. The molecule has 5 heteroatoms. The lowest BCUT2D eigenvalue weighted by Gasteiger charge is -2.38. The molecule has 3 rings (SSSR count). The molecule has 0 aromatic heterocycles. The van der Waals surface area contributed by atoms with Crippen LogP contribution in [-0.2, 0) is 9.47 Å². The van der Waals surface area contributed by atoms with Crippen LogP contribution in [0.3, 0.4) is 0 Å². The monoisotopic (exact) mass is 382 g/mol. The summed E-state index contributed by atoms with van der Waals surface area (Å²) in [5, 5.41) is 0. The molecule has 1 aliphatic carbocycles. The van der Waals surface area contributed by atoms with Crippen LogP contribution in [0.5, 0.6) is 5.75 Å². The van der Waals surface area contributed by atoms with Crippen LogP contribution in [-0.4, -0.2) is 19.8 Å². The van der Waals surface area contributed by atoms with Crippen molar-refractivity contribution in [3.05, 3.63) is 29.8 Å². The third-order valence-corrected chi connectivity index (χ3v) is 6.07. The molecule has 1 saturated carbocycles. The molecule has 1 aliphatic heterocycles. The maximum atomic E-state index is 12.2. The molecular weight excluding hydrogens is 350 g/mol. The van der Waals surface area contributed by atoms with E-state index in [2.05, 4.69) is 11.7 Å². The topological polar surface area (TPSA) is 27.7 Å². The Bertz CT molecular complexity index is 533. The normalized spacial score (nSPS) is 29.0. The fourth-order valence-corrected chi connectivity index (χ4v) is 4.42. The molecule has 2 fully saturated rings. The Morgan fingerprint density at radius 3 is 2.22 bits per heavy atom. The number of rotatable bonds is 8. The average Bonchev–Trinajstić information content (AvgIpc) is 2.69. The maximum Gasteiger partial charge on any atom is 0.387 e. The molecule has 0 amide bonds. The first kappa shape index (κ1) is 20.5. The molecule has 1 aromatic carbocycles. The van der Waals surface area contributed by atoms with Crippen molar-refractivity contribution in [2.75, 3.05) is 13.2 Å². The molecule has 27 heavy (non-hydrogen) atoms. The minimum Gasteiger partial charge on any atom is -0.435 e. The molecule has 0 atom stereocenters. The Morgan fingerprint density at radius 1 is 0.963 bits per heavy atom. The summed E-state index contributed by atoms with van der Waals surface area (Å²) in [5.41, 5.74) is 0.842. The summed E-state index contributed by atoms with van der Waals surface area (Å²) >= 11 is 0. The molecular formula is C22H32F2O3. The van der Waals surface area contributed by atoms with E-state index in [0.29, 0.717) is 25.0 Å². The van der Waals surface area contributed by atoms with E-state index in [-0.39, 0.29) is 5.75 Å². The van der Waals surface area contributed by atoms with Gasteiger partial charge in [0.1, 0.15) is 5.75 Å². The summed E-state index contributed by atoms with van der Waals surface area (Å²) in [6.45, 7) is 0.884. The third kappa shape index (κ3) is 6.15. The number of alkyl halides is 2. The summed E-state index contributed by atoms with van der Waals surface area (Å²) in [5.74, 6) is 2.24. The second kappa shape index (κ2) is 10.4. The fraction of sp³-hybridized carbons (Fsp3) is 0.727. The lowest BCUT2D eigenvalue weighted by Crippen LogP contribution is -2.34. The van der Waals surface area contributed by atoms with Crippen LogP contribution in [0.15, 0.2) is 24.3 Å². The molecule has 2 aliphatic rings. The smallest absolute Gasteiger partial charge is 0.387 e. The first-order valence-electron chi connectivity index (χ1n) is 10.4. The molecule has 1 heterocycles. The zero-order chi connectivity index (χ0) is 19.1. The van der Waals surface area contributed by atoms with Gasteiger partial charge in [-0.3, -0.25) is 0 Å². The second-order valence-corrected chi connectivity index (χ2v) is 7.98. The predicted molar refractivity (Wildman–Crippen MR) is 101 cm³/mol. The van der Waals surface area contributed by atoms with Gasteiger partial charge in [0.05, 0.1) is 13.2 Å². The Hall–Kier alpha value is -1.20. The van der Waals surface area contributed by atoms with E-state index in [1.54, 1.807) is 12.1 Å². The van der Waals surface area contributed by atoms with Gasteiger partial charge in [-0.1, -0.05) is 57.6 Å². The van der Waals surface area contributed by atoms with Crippen molar-refractivity contribution < 1.29 is 23.0 Å². The van der Waals surface area contributed by atoms with Crippen molar-refractivity contribution in [2.24, 2.45) is 17.8 Å². The van der Waals surface area contributed by atoms with E-state index >= 15 is 0 Å². The zero-order valence-corrected chi connectivity index (χ0v) is 16.2. The van der Waals surface area contributed by atoms with Crippen molar-refractivity contribution in [3.63, 3.8) is 0 Å². The van der Waals surface area contributed by atoms with Crippen LogP contribution in [0.4, 0.5) is 8.78 Å². The van der Waals surface area contributed by atoms with E-state index in [0.717, 1.165) is 11.5 Å². The Labute approximate surface area is 161 Å². The van der Waals surface area contributed by atoms with Gasteiger partial charge in [0.15, 0.2) is 6.29 Å². The van der Waals surface area contributed by atoms with Gasteiger partial charge in [-0.2, -0.15) is 8.78 Å². The maximum absolute atomic E-state index is 12.2. The summed E-state index contributed by atoms with van der Waals surface area (Å²) in [7, 11) is 0. The zero-order valence-electron chi connectivity index (χ0n) is 16.2. The van der Waals surface area contributed by atoms with Crippen molar-refractivity contribution >= 4 is 0 Å². The van der Waals surface area contributed by atoms with Crippen molar-refractivity contribution in [2.45, 2.75) is 71.2 Å². The number of hydrogen-bond acceptors (Lipinski definition) is 3. The standard InChI is InChI=1S/C22H32F2O3/c1-2-3-4-5-16-6-8-17(9-7-16)19-14-25-21(26-15-19)18-10-12-20(13-11-18)27-22(23)24/h10-13,16-17,19,21-22H,2-9,14-15H2,1H3. The van der Waals surface area contributed by atoms with Crippen molar-refractivity contribution in [3.8, 4) is 5.75 Å². The van der Waals surface area contributed by atoms with Gasteiger partial charge in [0, 0.05) is 11.5 Å². The molecule has 1 aromatic rings. The quantitative estimate of drug-likeness (QED) is 0.491. The van der Waals surface area contributed by atoms with Gasteiger partial charge in [-0.25, -0.2) is 0 Å². The number of hydrogen-bond donors (Lipinski definition) is 0. The van der Waals surface area contributed by atoms with Gasteiger partial charge in [0.2, 0.25) is 0 Å². The molecule has 3 nitrogen and oxygen atoms in total. The number of ether oxygens (including phenoxy) is 3. The summed E-state index contributed by atoms with van der Waals surface area (Å²) in [4.78, 5) is 0. The van der Waals surface area contributed by atoms with Crippen LogP contribution in [0.2, 0.25) is 0 Å². The first-order valence-corrected chi connectivity index (χ1v) is 10.4. The molecule has 0 spiro atoms. The molecule has 0 bridgehead atoms. The van der Waals surface area contributed by atoms with Gasteiger partial charge < -0.3 is 14.2 Å². The largest absolute Gasteiger partial charge is 0.435 e. The van der Waals surface area contributed by atoms with E-state index in [4.69, 9.17) is 9.47 Å². The Kier molecular flexibility index (Phi) is 7.89. The lowest BCUT2D eigenvalue weighted by molar-refractivity contribution is -0.214. The summed E-state index contributed by atoms with van der Waals surface area (Å²) in [6.07, 6.45) is 10.3. The average molecular weight is 382 g/mol. The molecule has 0 N–H and O–H groups in total. The molecule has 0 radical (unpaired) electrons. The van der Waals surface area contributed by atoms with E-state index in [9.17, 15) is 8.78 Å². The van der Waals surface area contributed by atoms with Gasteiger partial charge in [0.25, 0.3) is 0 Å². The van der Waals surface area contributed by atoms with E-state index in [1.165, 1.54) is 63.5 Å². The minimum absolute atomic E-state index is 0.151. The highest BCUT2D eigenvalue weighted by atomic mass is 19.3. The van der Waals surface area contributed by atoms with Crippen molar-refractivity contribution in [1.29, 1.82) is 0 Å². The highest BCUT2D eigenvalue weighted by molar-refractivity contribution is 5.28. The third-order valence-electron chi connectivity index (χ3n) is 6.07. The van der Waals surface area contributed by atoms with Crippen LogP contribution in [0.1, 0.15) is 70.1 Å². The number of unbranched alkanes of at least 4 members (excludes halogenated alkanes) is 2. The SMILES string of the molecule is CCCCCC1CCC(C2COC(c3ccc(OC(F)F)cc3)OC2)CC1. The van der Waals surface area contributed by atoms with Gasteiger partial charge in [-0.05, 0) is 36.8 Å². The predicted octanol–water partition coefficient (Wildman–Crippen LogP) is 6.34. The fourth-order valence-electron chi connectivity index (χ4n) is 4.42. The molecule has 1 saturated heterocycles. The lowest BCUT2D eigenvalue weighted by atomic mass is 9.74. The minimum atomic E-state index is -2.81. The van der Waals surface area contributed by atoms with Gasteiger partial charge in [-0.15, -0.1) is 0 Å². The first-order chi connectivity index (χ1) is 13.2. The van der Waals surface area contributed by atoms with Gasteiger partial charge >= 0.3 is 6.61 Å². The summed E-state index contributed by atoms with van der Waals surface area (Å²) in [6, 6.07) is 6.51. The van der Waals surface area contributed by atoms with Crippen LogP contribution in [0, 0.1) is 17.8 Å². The second-order valence-electron chi connectivity index (χ2n) is 7.98. The summed E-state index contributed by atoms with van der Waals surface area (Å²) < 4.78 is 40.7. The highest BCUT2D eigenvalue weighted by Gasteiger charge is 2.32. The van der Waals surface area contributed by atoms with E-state index < -0.39 is 12.9 Å². The Balaban J connectivity index is 1.40. The highest BCUT2D eigenvalue weighted by Crippen LogP contribution is 2.38. The van der Waals surface area contributed by atoms with E-state index in [1.807, 2.05) is 0 Å². The van der Waals surface area contributed by atoms with Crippen LogP contribution < -0.4 is 4.74 Å². The Morgan fingerprint density at radius 2 is 1.63 bits per heavy atom. The molecule has 0 unspecified atom stereocenters.